The maximum Gasteiger partial charge on any atom is 0.123 e. The van der Waals surface area contributed by atoms with Crippen LogP contribution < -0.4 is 4.74 Å². The van der Waals surface area contributed by atoms with E-state index in [0.717, 1.165) is 36.5 Å². The van der Waals surface area contributed by atoms with Gasteiger partial charge in [-0.3, -0.25) is 4.90 Å². The maximum atomic E-state index is 10.9. The normalized spacial score (nSPS) is 17.1. The van der Waals surface area contributed by atoms with Crippen LogP contribution in [0.15, 0.2) is 36.4 Å². The summed E-state index contributed by atoms with van der Waals surface area (Å²) in [7, 11) is 3.96. The Morgan fingerprint density at radius 3 is 2.63 bits per heavy atom. The molecule has 4 heteroatoms. The molecule has 1 aliphatic heterocycles. The summed E-state index contributed by atoms with van der Waals surface area (Å²) in [6.45, 7) is 10.1. The lowest BCUT2D eigenvalue weighted by atomic mass is 9.93. The molecule has 27 heavy (non-hydrogen) atoms. The molecule has 2 aromatic rings. The molecule has 2 aromatic carbocycles. The topological polar surface area (TPSA) is 35.9 Å². The smallest absolute Gasteiger partial charge is 0.123 e. The van der Waals surface area contributed by atoms with Crippen LogP contribution in [0.4, 0.5) is 0 Å². The Bertz CT molecular complexity index is 799. The zero-order chi connectivity index (χ0) is 19.6. The Labute approximate surface area is 163 Å². The predicted molar refractivity (Wildman–Crippen MR) is 110 cm³/mol. The molecule has 3 rings (SSSR count). The number of benzene rings is 2. The van der Waals surface area contributed by atoms with Gasteiger partial charge in [-0.25, -0.2) is 0 Å². The predicted octanol–water partition coefficient (Wildman–Crippen LogP) is 3.47. The molecule has 0 saturated heterocycles. The van der Waals surface area contributed by atoms with Crippen LogP contribution in [0.2, 0.25) is 0 Å². The van der Waals surface area contributed by atoms with Crippen LogP contribution >= 0.6 is 0 Å². The minimum atomic E-state index is -0.886. The van der Waals surface area contributed by atoms with Crippen molar-refractivity contribution in [3.05, 3.63) is 64.2 Å². The molecule has 1 N–H and O–H groups in total. The molecule has 0 saturated carbocycles. The second-order valence-corrected chi connectivity index (χ2v) is 8.32. The van der Waals surface area contributed by atoms with Gasteiger partial charge in [-0.15, -0.1) is 0 Å². The van der Waals surface area contributed by atoms with Gasteiger partial charge in [0.1, 0.15) is 12.4 Å². The van der Waals surface area contributed by atoms with Crippen LogP contribution in [-0.2, 0) is 18.7 Å². The number of rotatable bonds is 5. The first-order chi connectivity index (χ1) is 12.7. The molecule has 0 bridgehead atoms. The average Bonchev–Trinajstić information content (AvgIpc) is 2.77. The van der Waals surface area contributed by atoms with Gasteiger partial charge in [0.2, 0.25) is 0 Å². The minimum Gasteiger partial charge on any atom is -0.492 e. The second-order valence-electron chi connectivity index (χ2n) is 8.32. The quantitative estimate of drug-likeness (QED) is 0.877. The summed E-state index contributed by atoms with van der Waals surface area (Å²) in [4.78, 5) is 4.43. The Balaban J connectivity index is 1.82. The first-order valence-electron chi connectivity index (χ1n) is 9.66. The van der Waals surface area contributed by atoms with Gasteiger partial charge < -0.3 is 14.7 Å². The fourth-order valence-electron chi connectivity index (χ4n) is 3.89. The third kappa shape index (κ3) is 4.89. The van der Waals surface area contributed by atoms with Gasteiger partial charge >= 0.3 is 0 Å². The molecule has 4 nitrogen and oxygen atoms in total. The Hall–Kier alpha value is -1.88. The summed E-state index contributed by atoms with van der Waals surface area (Å²) in [5.41, 5.74) is 5.19. The number of likely N-dealkylation sites (N-methyl/N-ethyl adjacent to an activating group) is 1. The van der Waals surface area contributed by atoms with Crippen LogP contribution in [0, 0.1) is 13.8 Å². The van der Waals surface area contributed by atoms with Crippen molar-refractivity contribution in [3.8, 4) is 5.75 Å². The number of hydrogen-bond donors (Lipinski definition) is 1. The number of nitrogens with zero attached hydrogens (tertiary/aromatic N) is 2. The molecule has 0 aliphatic carbocycles. The van der Waals surface area contributed by atoms with E-state index in [1.165, 1.54) is 16.7 Å². The van der Waals surface area contributed by atoms with Gasteiger partial charge in [0.25, 0.3) is 0 Å². The van der Waals surface area contributed by atoms with Crippen molar-refractivity contribution in [3.63, 3.8) is 0 Å². The van der Waals surface area contributed by atoms with Crippen molar-refractivity contribution in [2.24, 2.45) is 0 Å². The molecule has 0 fully saturated rings. The van der Waals surface area contributed by atoms with Gasteiger partial charge in [-0.05, 0) is 63.7 Å². The van der Waals surface area contributed by atoms with E-state index in [4.69, 9.17) is 4.74 Å². The molecule has 0 aromatic heterocycles. The molecule has 0 spiro atoms. The molecule has 1 aliphatic rings. The van der Waals surface area contributed by atoms with Gasteiger partial charge in [-0.1, -0.05) is 29.8 Å². The van der Waals surface area contributed by atoms with E-state index in [1.54, 1.807) is 0 Å². The number of ether oxygens (including phenoxy) is 1. The summed E-state index contributed by atoms with van der Waals surface area (Å²) in [5.74, 6) is 0.933. The fraction of sp³-hybridized carbons (Fsp3) is 0.478. The maximum absolute atomic E-state index is 10.9. The van der Waals surface area contributed by atoms with E-state index in [9.17, 15) is 5.11 Å². The summed E-state index contributed by atoms with van der Waals surface area (Å²) >= 11 is 0. The highest BCUT2D eigenvalue weighted by Crippen LogP contribution is 2.30. The number of aryl methyl sites for hydroxylation is 2. The number of aliphatic hydroxyl groups is 1. The highest BCUT2D eigenvalue weighted by molar-refractivity contribution is 5.40. The molecule has 146 valence electrons. The van der Waals surface area contributed by atoms with E-state index >= 15 is 0 Å². The van der Waals surface area contributed by atoms with Crippen LogP contribution in [0.1, 0.15) is 34.7 Å². The molecular formula is C23H32N2O2. The van der Waals surface area contributed by atoms with E-state index in [-0.39, 0.29) is 0 Å². The standard InChI is InChI=1S/C23H32N2O2/c1-17-6-7-19(18(2)12-17)14-25-10-11-27-22-9-8-21(13-20(22)15-25)23(3,26)16-24(4)5/h6-9,12-13,26H,10-11,14-16H2,1-5H3. The summed E-state index contributed by atoms with van der Waals surface area (Å²) in [5, 5.41) is 10.9. The Morgan fingerprint density at radius 1 is 1.15 bits per heavy atom. The largest absolute Gasteiger partial charge is 0.492 e. The fourth-order valence-corrected chi connectivity index (χ4v) is 3.89. The number of hydrogen-bond acceptors (Lipinski definition) is 4. The van der Waals surface area contributed by atoms with Crippen molar-refractivity contribution in [2.75, 3.05) is 33.8 Å². The van der Waals surface area contributed by atoms with Gasteiger partial charge in [-0.2, -0.15) is 0 Å². The minimum absolute atomic E-state index is 0.582. The van der Waals surface area contributed by atoms with Crippen LogP contribution in [0.25, 0.3) is 0 Å². The first-order valence-corrected chi connectivity index (χ1v) is 9.66. The van der Waals surface area contributed by atoms with Crippen LogP contribution in [0.3, 0.4) is 0 Å². The average molecular weight is 369 g/mol. The summed E-state index contributed by atoms with van der Waals surface area (Å²) in [6.07, 6.45) is 0. The van der Waals surface area contributed by atoms with Crippen molar-refractivity contribution < 1.29 is 9.84 Å². The highest BCUT2D eigenvalue weighted by Gasteiger charge is 2.26. The lowest BCUT2D eigenvalue weighted by Gasteiger charge is -2.28. The molecule has 0 radical (unpaired) electrons. The summed E-state index contributed by atoms with van der Waals surface area (Å²) in [6, 6.07) is 12.8. The second kappa shape index (κ2) is 8.01. The third-order valence-electron chi connectivity index (χ3n) is 5.26. The molecule has 1 heterocycles. The van der Waals surface area contributed by atoms with E-state index in [0.29, 0.717) is 13.2 Å². The monoisotopic (exact) mass is 368 g/mol. The van der Waals surface area contributed by atoms with Crippen molar-refractivity contribution in [1.29, 1.82) is 0 Å². The van der Waals surface area contributed by atoms with Gasteiger partial charge in [0.15, 0.2) is 0 Å². The SMILES string of the molecule is Cc1ccc(CN2CCOc3ccc(C(C)(O)CN(C)C)cc3C2)c(C)c1. The highest BCUT2D eigenvalue weighted by atomic mass is 16.5. The first kappa shape index (κ1) is 19.9. The zero-order valence-electron chi connectivity index (χ0n) is 17.2. The molecule has 1 unspecified atom stereocenters. The van der Waals surface area contributed by atoms with Crippen LogP contribution in [-0.4, -0.2) is 48.7 Å². The third-order valence-corrected chi connectivity index (χ3v) is 5.26. The Morgan fingerprint density at radius 2 is 1.93 bits per heavy atom. The van der Waals surface area contributed by atoms with E-state index < -0.39 is 5.60 Å². The van der Waals surface area contributed by atoms with E-state index in [1.807, 2.05) is 38.1 Å². The molecule has 1 atom stereocenters. The Kier molecular flexibility index (Phi) is 5.89. The van der Waals surface area contributed by atoms with Crippen molar-refractivity contribution in [2.45, 2.75) is 39.5 Å². The number of fused-ring (bicyclic) bond motifs is 1. The van der Waals surface area contributed by atoms with Crippen molar-refractivity contribution in [1.82, 2.24) is 9.80 Å². The zero-order valence-corrected chi connectivity index (χ0v) is 17.2. The van der Waals surface area contributed by atoms with Crippen LogP contribution in [0.5, 0.6) is 5.75 Å². The lowest BCUT2D eigenvalue weighted by molar-refractivity contribution is 0.0299. The lowest BCUT2D eigenvalue weighted by Crippen LogP contribution is -2.34. The molecule has 0 amide bonds. The van der Waals surface area contributed by atoms with E-state index in [2.05, 4.69) is 43.0 Å². The van der Waals surface area contributed by atoms with Crippen molar-refractivity contribution >= 4 is 0 Å². The van der Waals surface area contributed by atoms with Gasteiger partial charge in [0.05, 0.1) is 5.60 Å². The summed E-state index contributed by atoms with van der Waals surface area (Å²) < 4.78 is 5.98. The van der Waals surface area contributed by atoms with Gasteiger partial charge in [0, 0.05) is 31.7 Å². The molecular weight excluding hydrogens is 336 g/mol.